The van der Waals surface area contributed by atoms with E-state index in [-0.39, 0.29) is 5.54 Å². The molecule has 0 saturated carbocycles. The molecule has 1 aliphatic rings. The topological polar surface area (TPSA) is 50.1 Å². The van der Waals surface area contributed by atoms with Crippen molar-refractivity contribution in [1.82, 2.24) is 10.3 Å². The van der Waals surface area contributed by atoms with Crippen LogP contribution in [-0.2, 0) is 0 Å². The van der Waals surface area contributed by atoms with Crippen LogP contribution >= 0.6 is 0 Å². The third kappa shape index (κ3) is 2.13. The van der Waals surface area contributed by atoms with Gasteiger partial charge in [-0.1, -0.05) is 12.1 Å². The third-order valence-corrected chi connectivity index (χ3v) is 3.41. The van der Waals surface area contributed by atoms with Crippen LogP contribution in [0.4, 0.5) is 6.01 Å². The molecule has 1 saturated heterocycles. The number of nitrogens with zero attached hydrogens (tertiary/aromatic N) is 1. The first-order chi connectivity index (χ1) is 8.25. The molecule has 0 spiro atoms. The second-order valence-electron chi connectivity index (χ2n) is 4.92. The lowest BCUT2D eigenvalue weighted by molar-refractivity contribution is 0.356. The van der Waals surface area contributed by atoms with Crippen molar-refractivity contribution in [2.24, 2.45) is 0 Å². The van der Waals surface area contributed by atoms with E-state index in [1.165, 1.54) is 0 Å². The number of hydrogen-bond donors (Lipinski definition) is 2. The Hall–Kier alpha value is -1.55. The fraction of sp³-hybridized carbons (Fsp3) is 0.462. The molecule has 1 fully saturated rings. The predicted molar refractivity (Wildman–Crippen MR) is 68.1 cm³/mol. The molecule has 2 N–H and O–H groups in total. The van der Waals surface area contributed by atoms with Crippen LogP contribution in [0.1, 0.15) is 19.8 Å². The van der Waals surface area contributed by atoms with Gasteiger partial charge in [0.05, 0.1) is 0 Å². The standard InChI is InChI=1S/C13H17N3O/c1-13(6-8-14-9-7-13)16-12-15-10-4-2-3-5-11(10)17-12/h2-5,14H,6-9H2,1H3,(H,15,16). The molecule has 0 unspecified atom stereocenters. The zero-order valence-electron chi connectivity index (χ0n) is 9.99. The maximum Gasteiger partial charge on any atom is 0.296 e. The lowest BCUT2D eigenvalue weighted by Gasteiger charge is -2.34. The number of para-hydroxylation sites is 2. The second kappa shape index (κ2) is 4.04. The van der Waals surface area contributed by atoms with Gasteiger partial charge in [0.1, 0.15) is 5.52 Å². The molecule has 0 atom stereocenters. The molecule has 0 radical (unpaired) electrons. The molecule has 0 amide bonds. The first-order valence-electron chi connectivity index (χ1n) is 6.10. The average molecular weight is 231 g/mol. The van der Waals surface area contributed by atoms with Gasteiger partial charge in [0, 0.05) is 5.54 Å². The number of benzene rings is 1. The number of piperidine rings is 1. The molecule has 0 aliphatic carbocycles. The largest absolute Gasteiger partial charge is 0.424 e. The Morgan fingerprint density at radius 3 is 2.82 bits per heavy atom. The van der Waals surface area contributed by atoms with Crippen molar-refractivity contribution in [1.29, 1.82) is 0 Å². The summed E-state index contributed by atoms with van der Waals surface area (Å²) in [5.41, 5.74) is 1.84. The zero-order chi connectivity index (χ0) is 11.7. The quantitative estimate of drug-likeness (QED) is 0.833. The van der Waals surface area contributed by atoms with Gasteiger partial charge >= 0.3 is 0 Å². The number of fused-ring (bicyclic) bond motifs is 1. The van der Waals surface area contributed by atoms with E-state index in [1.807, 2.05) is 24.3 Å². The highest BCUT2D eigenvalue weighted by Gasteiger charge is 2.27. The number of hydrogen-bond acceptors (Lipinski definition) is 4. The van der Waals surface area contributed by atoms with Crippen molar-refractivity contribution in [3.8, 4) is 0 Å². The van der Waals surface area contributed by atoms with Crippen molar-refractivity contribution in [3.63, 3.8) is 0 Å². The molecule has 4 nitrogen and oxygen atoms in total. The van der Waals surface area contributed by atoms with Gasteiger partial charge < -0.3 is 15.1 Å². The van der Waals surface area contributed by atoms with Crippen LogP contribution in [0.25, 0.3) is 11.1 Å². The van der Waals surface area contributed by atoms with Gasteiger partial charge in [-0.15, -0.1) is 0 Å². The maximum absolute atomic E-state index is 5.69. The molecule has 3 rings (SSSR count). The minimum Gasteiger partial charge on any atom is -0.424 e. The summed E-state index contributed by atoms with van der Waals surface area (Å²) >= 11 is 0. The molecule has 1 aromatic carbocycles. The third-order valence-electron chi connectivity index (χ3n) is 3.41. The number of rotatable bonds is 2. The predicted octanol–water partition coefficient (Wildman–Crippen LogP) is 2.38. The fourth-order valence-electron chi connectivity index (χ4n) is 2.29. The van der Waals surface area contributed by atoms with E-state index in [0.29, 0.717) is 6.01 Å². The molecule has 4 heteroatoms. The van der Waals surface area contributed by atoms with E-state index < -0.39 is 0 Å². The van der Waals surface area contributed by atoms with Crippen LogP contribution in [-0.4, -0.2) is 23.6 Å². The van der Waals surface area contributed by atoms with E-state index in [0.717, 1.165) is 37.0 Å². The average Bonchev–Trinajstić information content (AvgIpc) is 2.71. The summed E-state index contributed by atoms with van der Waals surface area (Å²) in [6, 6.07) is 8.48. The SMILES string of the molecule is CC1(Nc2nc3ccccc3o2)CCNCC1. The van der Waals surface area contributed by atoms with Crippen LogP contribution in [0.2, 0.25) is 0 Å². The maximum atomic E-state index is 5.69. The normalized spacial score (nSPS) is 19.4. The highest BCUT2D eigenvalue weighted by Crippen LogP contribution is 2.25. The number of aromatic nitrogens is 1. The summed E-state index contributed by atoms with van der Waals surface area (Å²) in [7, 11) is 0. The van der Waals surface area contributed by atoms with Gasteiger partial charge in [-0.3, -0.25) is 0 Å². The number of anilines is 1. The van der Waals surface area contributed by atoms with E-state index in [9.17, 15) is 0 Å². The summed E-state index contributed by atoms with van der Waals surface area (Å²) in [5, 5.41) is 6.79. The Morgan fingerprint density at radius 1 is 1.29 bits per heavy atom. The van der Waals surface area contributed by atoms with Crippen molar-refractivity contribution < 1.29 is 4.42 Å². The lowest BCUT2D eigenvalue weighted by atomic mass is 9.91. The molecule has 90 valence electrons. The van der Waals surface area contributed by atoms with Crippen molar-refractivity contribution in [3.05, 3.63) is 24.3 Å². The summed E-state index contributed by atoms with van der Waals surface area (Å²) < 4.78 is 5.69. The molecular formula is C13H17N3O. The Kier molecular flexibility index (Phi) is 2.52. The smallest absolute Gasteiger partial charge is 0.296 e. The molecule has 17 heavy (non-hydrogen) atoms. The second-order valence-corrected chi connectivity index (χ2v) is 4.92. The Bertz CT molecular complexity index is 481. The molecule has 2 heterocycles. The lowest BCUT2D eigenvalue weighted by Crippen LogP contribution is -2.45. The Morgan fingerprint density at radius 2 is 2.06 bits per heavy atom. The van der Waals surface area contributed by atoms with Crippen molar-refractivity contribution >= 4 is 17.1 Å². The number of nitrogens with one attached hydrogen (secondary N) is 2. The highest BCUT2D eigenvalue weighted by molar-refractivity contribution is 5.74. The van der Waals surface area contributed by atoms with Gasteiger partial charge in [0.15, 0.2) is 5.58 Å². The minimum atomic E-state index is 0.0894. The van der Waals surface area contributed by atoms with Crippen molar-refractivity contribution in [2.75, 3.05) is 18.4 Å². The Balaban J connectivity index is 1.84. The zero-order valence-corrected chi connectivity index (χ0v) is 9.99. The first-order valence-corrected chi connectivity index (χ1v) is 6.10. The summed E-state index contributed by atoms with van der Waals surface area (Å²) in [4.78, 5) is 4.45. The van der Waals surface area contributed by atoms with Gasteiger partial charge in [-0.2, -0.15) is 4.98 Å². The molecule has 0 bridgehead atoms. The van der Waals surface area contributed by atoms with Gasteiger partial charge in [-0.25, -0.2) is 0 Å². The summed E-state index contributed by atoms with van der Waals surface area (Å²) in [6.07, 6.45) is 2.18. The van der Waals surface area contributed by atoms with Crippen molar-refractivity contribution in [2.45, 2.75) is 25.3 Å². The van der Waals surface area contributed by atoms with E-state index in [2.05, 4.69) is 22.5 Å². The number of oxazole rings is 1. The molecule has 2 aromatic rings. The highest BCUT2D eigenvalue weighted by atomic mass is 16.4. The minimum absolute atomic E-state index is 0.0894. The summed E-state index contributed by atoms with van der Waals surface area (Å²) in [5.74, 6) is 0. The molecular weight excluding hydrogens is 214 g/mol. The van der Waals surface area contributed by atoms with Crippen LogP contribution in [0.3, 0.4) is 0 Å². The van der Waals surface area contributed by atoms with Crippen LogP contribution < -0.4 is 10.6 Å². The molecule has 1 aliphatic heterocycles. The van der Waals surface area contributed by atoms with Gasteiger partial charge in [0.2, 0.25) is 0 Å². The molecule has 1 aromatic heterocycles. The fourth-order valence-corrected chi connectivity index (χ4v) is 2.29. The monoisotopic (exact) mass is 231 g/mol. The van der Waals surface area contributed by atoms with Crippen LogP contribution in [0.15, 0.2) is 28.7 Å². The van der Waals surface area contributed by atoms with E-state index >= 15 is 0 Å². The van der Waals surface area contributed by atoms with Crippen LogP contribution in [0.5, 0.6) is 0 Å². The van der Waals surface area contributed by atoms with Crippen LogP contribution in [0, 0.1) is 0 Å². The van der Waals surface area contributed by atoms with Gasteiger partial charge in [-0.05, 0) is 45.0 Å². The summed E-state index contributed by atoms with van der Waals surface area (Å²) in [6.45, 7) is 4.32. The van der Waals surface area contributed by atoms with E-state index in [1.54, 1.807) is 0 Å². The van der Waals surface area contributed by atoms with Gasteiger partial charge in [0.25, 0.3) is 6.01 Å². The Labute approximate surface area is 100 Å². The first kappa shape index (κ1) is 10.6. The van der Waals surface area contributed by atoms with E-state index in [4.69, 9.17) is 4.42 Å².